The van der Waals surface area contributed by atoms with Crippen LogP contribution in [0.4, 0.5) is 5.69 Å². The van der Waals surface area contributed by atoms with E-state index < -0.39 is 26.2 Å². The molecule has 0 aromatic heterocycles. The average molecular weight is 594 g/mol. The number of hydrogen-bond acceptors (Lipinski definition) is 11. The fourth-order valence-corrected chi connectivity index (χ4v) is 2.68. The maximum Gasteiger partial charge on any atom is 0.343 e. The average Bonchev–Trinajstić information content (AvgIpc) is 2.87. The monoisotopic (exact) mass is 593 g/mol. The summed E-state index contributed by atoms with van der Waals surface area (Å²) in [7, 11) is -7.33. The Morgan fingerprint density at radius 2 is 1.43 bits per heavy atom. The van der Waals surface area contributed by atoms with Crippen LogP contribution < -0.4 is 21.8 Å². The van der Waals surface area contributed by atoms with Gasteiger partial charge in [-0.15, -0.1) is 0 Å². The molecule has 3 aromatic rings. The molecule has 0 radical (unpaired) electrons. The number of esters is 1. The lowest BCUT2D eigenvalue weighted by atomic mass is 10.0. The van der Waals surface area contributed by atoms with Crippen molar-refractivity contribution < 1.29 is 40.3 Å². The number of hydrazine groups is 1. The quantitative estimate of drug-likeness (QED) is 0.0383. The summed E-state index contributed by atoms with van der Waals surface area (Å²) in [6.45, 7) is 0. The van der Waals surface area contributed by atoms with Crippen LogP contribution in [-0.2, 0) is 20.2 Å². The van der Waals surface area contributed by atoms with Crippen LogP contribution in [0.1, 0.15) is 31.8 Å². The molecule has 0 saturated carbocycles. The summed E-state index contributed by atoms with van der Waals surface area (Å²) in [6.07, 6.45) is 4.16. The van der Waals surface area contributed by atoms with Gasteiger partial charge in [0.2, 0.25) is 0 Å². The number of carbonyl (C=O) groups excluding carboxylic acids is 2. The van der Waals surface area contributed by atoms with E-state index in [1.54, 1.807) is 60.7 Å². The molecule has 0 spiro atoms. The largest absolute Gasteiger partial charge is 0.422 e. The number of carbonyl (C=O) groups is 2. The van der Waals surface area contributed by atoms with Crippen molar-refractivity contribution in [2.45, 2.75) is 0 Å². The molecule has 0 fully saturated rings. The van der Waals surface area contributed by atoms with Crippen molar-refractivity contribution in [2.75, 3.05) is 12.5 Å². The van der Waals surface area contributed by atoms with E-state index in [0.29, 0.717) is 34.9 Å². The van der Waals surface area contributed by atoms with Crippen LogP contribution in [0.2, 0.25) is 0 Å². The van der Waals surface area contributed by atoms with E-state index in [-0.39, 0.29) is 17.1 Å². The number of nitrogens with two attached hydrogens (primary N) is 2. The van der Waals surface area contributed by atoms with Gasteiger partial charge in [-0.25, -0.2) is 15.6 Å². The van der Waals surface area contributed by atoms with Crippen molar-refractivity contribution >= 4 is 50.2 Å². The lowest BCUT2D eigenvalue weighted by Crippen LogP contribution is -2.18. The van der Waals surface area contributed by atoms with E-state index in [1.165, 1.54) is 18.6 Å². The Kier molecular flexibility index (Phi) is 13.3. The molecule has 0 aliphatic carbocycles. The molecule has 40 heavy (non-hydrogen) atoms. The van der Waals surface area contributed by atoms with Gasteiger partial charge in [-0.2, -0.15) is 21.9 Å². The second kappa shape index (κ2) is 15.8. The molecule has 16 heteroatoms. The summed E-state index contributed by atoms with van der Waals surface area (Å²) in [5.41, 5.74) is 4.50. The van der Waals surface area contributed by atoms with Gasteiger partial charge in [0, 0.05) is 5.56 Å². The predicted octanol–water partition coefficient (Wildman–Crippen LogP) is 1.56. The van der Waals surface area contributed by atoms with Gasteiger partial charge in [-0.3, -0.25) is 13.9 Å². The lowest BCUT2D eigenvalue weighted by molar-refractivity contribution is 0.0733. The van der Waals surface area contributed by atoms with Crippen molar-refractivity contribution in [2.24, 2.45) is 21.8 Å². The first kappa shape index (κ1) is 33.5. The molecule has 0 amide bonds. The predicted molar refractivity (Wildman–Crippen MR) is 150 cm³/mol. The fraction of sp³-hybridized carbons (Fsp3) is 0.0833. The van der Waals surface area contributed by atoms with Crippen LogP contribution in [0, 0.1) is 0 Å². The fourth-order valence-electron chi connectivity index (χ4n) is 2.68. The number of rotatable bonds is 7. The molecule has 0 heterocycles. The maximum absolute atomic E-state index is 13.0. The molecule has 3 rings (SSSR count). The number of aliphatic imine (C=N–C) groups is 1. The first-order valence-corrected chi connectivity index (χ1v) is 14.4. The molecular weight excluding hydrogens is 566 g/mol. The number of nitrogens with zero attached hydrogens (tertiary/aromatic N) is 2. The summed E-state index contributed by atoms with van der Waals surface area (Å²) >= 11 is 0. The van der Waals surface area contributed by atoms with Crippen LogP contribution in [0.25, 0.3) is 0 Å². The molecule has 7 N–H and O–H groups in total. The molecular formula is C24H27N5O9S2. The van der Waals surface area contributed by atoms with E-state index in [2.05, 4.69) is 15.5 Å². The van der Waals surface area contributed by atoms with Gasteiger partial charge in [-0.1, -0.05) is 30.3 Å². The van der Waals surface area contributed by atoms with Crippen LogP contribution in [0.5, 0.6) is 5.75 Å². The molecule has 14 nitrogen and oxygen atoms in total. The Bertz CT molecular complexity index is 1510. The zero-order valence-electron chi connectivity index (χ0n) is 21.2. The van der Waals surface area contributed by atoms with Gasteiger partial charge in [0.15, 0.2) is 5.78 Å². The first-order chi connectivity index (χ1) is 18.6. The normalized spacial score (nSPS) is 11.1. The zero-order chi connectivity index (χ0) is 30.3. The zero-order valence-corrected chi connectivity index (χ0v) is 22.8. The third-order valence-electron chi connectivity index (χ3n) is 4.10. The van der Waals surface area contributed by atoms with Gasteiger partial charge in [0.25, 0.3) is 20.2 Å². The highest BCUT2D eigenvalue weighted by Gasteiger charge is 2.18. The molecule has 3 aromatic carbocycles. The Morgan fingerprint density at radius 3 is 1.93 bits per heavy atom. The summed E-state index contributed by atoms with van der Waals surface area (Å²) < 4.78 is 57.3. The Hall–Kier alpha value is -4.48. The first-order valence-electron chi connectivity index (χ1n) is 10.7. The van der Waals surface area contributed by atoms with Crippen molar-refractivity contribution in [1.29, 1.82) is 0 Å². The van der Waals surface area contributed by atoms with Crippen LogP contribution in [0.15, 0.2) is 82.9 Å². The molecule has 0 unspecified atom stereocenters. The maximum atomic E-state index is 13.0. The SMILES string of the molecule is CS(=O)(=O)O.CS(=O)(=O)O.NN=Cc1ccc(OC(=O)c2ccc(N=CNN)cc2)c(C(=O)c2ccccc2)c1. The van der Waals surface area contributed by atoms with Crippen molar-refractivity contribution in [3.05, 3.63) is 95.1 Å². The third-order valence-corrected chi connectivity index (χ3v) is 4.10. The molecule has 0 aliphatic heterocycles. The van der Waals surface area contributed by atoms with Gasteiger partial charge >= 0.3 is 5.97 Å². The number of benzene rings is 3. The standard InChI is InChI=1S/C22H19N5O3.2CH4O3S/c23-26-13-15-6-11-20(19(12-15)21(28)16-4-2-1-3-5-16)30-22(29)17-7-9-18(10-8-17)25-14-27-24;2*1-5(2,3)4/h1-14H,23-24H2,(H,25,27);2*1H3,(H,2,3,4). The summed E-state index contributed by atoms with van der Waals surface area (Å²) in [5.74, 6) is 9.59. The minimum absolute atomic E-state index is 0.137. The van der Waals surface area contributed by atoms with Crippen molar-refractivity contribution in [3.8, 4) is 5.75 Å². The minimum atomic E-state index is -3.67. The van der Waals surface area contributed by atoms with Gasteiger partial charge in [0.05, 0.1) is 35.5 Å². The van der Waals surface area contributed by atoms with E-state index in [4.69, 9.17) is 25.5 Å². The number of hydrogen-bond donors (Lipinski definition) is 5. The molecule has 0 bridgehead atoms. The summed E-state index contributed by atoms with van der Waals surface area (Å²) in [5, 5.41) is 3.48. The second-order valence-corrected chi connectivity index (χ2v) is 10.5. The minimum Gasteiger partial charge on any atom is -0.422 e. The van der Waals surface area contributed by atoms with Crippen molar-refractivity contribution in [3.63, 3.8) is 0 Å². The van der Waals surface area contributed by atoms with Gasteiger partial charge < -0.3 is 16.0 Å². The summed E-state index contributed by atoms with van der Waals surface area (Å²) in [6, 6.07) is 19.9. The van der Waals surface area contributed by atoms with Crippen LogP contribution >= 0.6 is 0 Å². The highest BCUT2D eigenvalue weighted by atomic mass is 32.2. The van der Waals surface area contributed by atoms with Crippen molar-refractivity contribution in [1.82, 2.24) is 5.43 Å². The van der Waals surface area contributed by atoms with Crippen LogP contribution in [-0.4, -0.2) is 62.8 Å². The Morgan fingerprint density at radius 1 is 0.875 bits per heavy atom. The molecule has 214 valence electrons. The Labute approximate surface area is 230 Å². The highest BCUT2D eigenvalue weighted by Crippen LogP contribution is 2.25. The number of ether oxygens (including phenoxy) is 1. The molecule has 0 aliphatic rings. The molecule has 0 saturated heterocycles. The Balaban J connectivity index is 0.000000686. The van der Waals surface area contributed by atoms with E-state index in [1.807, 2.05) is 6.07 Å². The van der Waals surface area contributed by atoms with E-state index in [0.717, 1.165) is 0 Å². The topological polar surface area (TPSA) is 241 Å². The summed E-state index contributed by atoms with van der Waals surface area (Å²) in [4.78, 5) is 29.6. The van der Waals surface area contributed by atoms with Gasteiger partial charge in [0.1, 0.15) is 12.1 Å². The molecule has 0 atom stereocenters. The smallest absolute Gasteiger partial charge is 0.343 e. The lowest BCUT2D eigenvalue weighted by Gasteiger charge is -2.11. The highest BCUT2D eigenvalue weighted by molar-refractivity contribution is 7.85. The number of ketones is 1. The van der Waals surface area contributed by atoms with Crippen LogP contribution in [0.3, 0.4) is 0 Å². The van der Waals surface area contributed by atoms with Gasteiger partial charge in [-0.05, 0) is 48.0 Å². The van der Waals surface area contributed by atoms with E-state index in [9.17, 15) is 26.4 Å². The third kappa shape index (κ3) is 14.5. The van der Waals surface area contributed by atoms with E-state index >= 15 is 0 Å². The second-order valence-electron chi connectivity index (χ2n) is 7.56. The number of nitrogens with one attached hydrogen (secondary N) is 1. The number of hydrazone groups is 1.